The number of rotatable bonds is 4. The lowest BCUT2D eigenvalue weighted by Crippen LogP contribution is -2.41. The minimum atomic E-state index is -0.130. The number of carbonyl (C=O) groups is 1. The van der Waals surface area contributed by atoms with Crippen LogP contribution in [0.4, 0.5) is 11.5 Å². The molecule has 3 rings (SSSR count). The van der Waals surface area contributed by atoms with E-state index in [1.54, 1.807) is 13.2 Å². The van der Waals surface area contributed by atoms with Gasteiger partial charge in [-0.1, -0.05) is 38.4 Å². The Kier molecular flexibility index (Phi) is 6.08. The van der Waals surface area contributed by atoms with Gasteiger partial charge in [-0.2, -0.15) is 0 Å². The molecule has 0 radical (unpaired) electrons. The van der Waals surface area contributed by atoms with Crippen LogP contribution in [-0.2, 0) is 10.2 Å². The molecule has 0 unspecified atom stereocenters. The van der Waals surface area contributed by atoms with Crippen molar-refractivity contribution in [2.45, 2.75) is 39.0 Å². The van der Waals surface area contributed by atoms with Gasteiger partial charge >= 0.3 is 0 Å². The molecule has 2 heterocycles. The summed E-state index contributed by atoms with van der Waals surface area (Å²) in [5.41, 5.74) is 1.84. The monoisotopic (exact) mass is 402 g/mol. The summed E-state index contributed by atoms with van der Waals surface area (Å²) in [7, 11) is 1.61. The van der Waals surface area contributed by atoms with Gasteiger partial charge in [-0.25, -0.2) is 0 Å². The second-order valence-corrected chi connectivity index (χ2v) is 8.54. The van der Waals surface area contributed by atoms with Crippen LogP contribution in [0.3, 0.4) is 0 Å². The van der Waals surface area contributed by atoms with Gasteiger partial charge < -0.3 is 15.0 Å². The van der Waals surface area contributed by atoms with Crippen molar-refractivity contribution >= 4 is 29.0 Å². The Morgan fingerprint density at radius 3 is 2.68 bits per heavy atom. The van der Waals surface area contributed by atoms with E-state index in [0.29, 0.717) is 23.1 Å². The average Bonchev–Trinajstić information content (AvgIpc) is 2.68. The first-order valence-corrected chi connectivity index (χ1v) is 9.89. The Bertz CT molecular complexity index is 833. The van der Waals surface area contributed by atoms with Crippen LogP contribution >= 0.6 is 11.6 Å². The van der Waals surface area contributed by atoms with E-state index in [1.165, 1.54) is 0 Å². The van der Waals surface area contributed by atoms with Crippen molar-refractivity contribution in [3.8, 4) is 5.75 Å². The van der Waals surface area contributed by atoms with E-state index in [0.717, 1.165) is 30.8 Å². The third-order valence-electron chi connectivity index (χ3n) is 5.06. The predicted molar refractivity (Wildman–Crippen MR) is 112 cm³/mol. The zero-order chi connectivity index (χ0) is 20.3. The zero-order valence-electron chi connectivity index (χ0n) is 16.8. The molecule has 1 aliphatic heterocycles. The molecule has 150 valence electrons. The van der Waals surface area contributed by atoms with Crippen LogP contribution < -0.4 is 15.0 Å². The second-order valence-electron chi connectivity index (χ2n) is 8.15. The fourth-order valence-corrected chi connectivity index (χ4v) is 3.48. The first-order chi connectivity index (χ1) is 13.3. The molecule has 0 aliphatic carbocycles. The maximum atomic E-state index is 13.0. The summed E-state index contributed by atoms with van der Waals surface area (Å²) in [6, 6.07) is 9.51. The smallest absolute Gasteiger partial charge is 0.229 e. The van der Waals surface area contributed by atoms with Gasteiger partial charge in [0.25, 0.3) is 0 Å². The molecule has 6 nitrogen and oxygen atoms in total. The van der Waals surface area contributed by atoms with Gasteiger partial charge in [0.1, 0.15) is 5.75 Å². The fourth-order valence-electron chi connectivity index (χ4n) is 3.38. The average molecular weight is 403 g/mol. The molecule has 2 aromatic rings. The number of hydrogen-bond acceptors (Lipinski definition) is 5. The predicted octanol–water partition coefficient (Wildman–Crippen LogP) is 4.29. The highest BCUT2D eigenvalue weighted by molar-refractivity contribution is 6.29. The Morgan fingerprint density at radius 1 is 1.25 bits per heavy atom. The third-order valence-corrected chi connectivity index (χ3v) is 5.26. The number of ether oxygens (including phenoxy) is 1. The highest BCUT2D eigenvalue weighted by Crippen LogP contribution is 2.32. The van der Waals surface area contributed by atoms with Gasteiger partial charge in [0.2, 0.25) is 5.91 Å². The lowest BCUT2D eigenvalue weighted by Gasteiger charge is -2.32. The molecule has 1 saturated heterocycles. The summed E-state index contributed by atoms with van der Waals surface area (Å²) in [6.07, 6.45) is 1.76. The van der Waals surface area contributed by atoms with E-state index in [1.807, 2.05) is 24.3 Å². The summed E-state index contributed by atoms with van der Waals surface area (Å²) in [4.78, 5) is 15.1. The van der Waals surface area contributed by atoms with Crippen molar-refractivity contribution in [2.75, 3.05) is 30.4 Å². The Morgan fingerprint density at radius 2 is 2.04 bits per heavy atom. The number of amides is 1. The molecule has 7 heteroatoms. The van der Waals surface area contributed by atoms with Crippen LogP contribution in [-0.4, -0.2) is 36.3 Å². The quantitative estimate of drug-likeness (QED) is 0.826. The number of nitrogens with zero attached hydrogens (tertiary/aromatic N) is 3. The maximum Gasteiger partial charge on any atom is 0.229 e. The van der Waals surface area contributed by atoms with Crippen LogP contribution in [0.2, 0.25) is 5.15 Å². The van der Waals surface area contributed by atoms with E-state index in [9.17, 15) is 4.79 Å². The van der Waals surface area contributed by atoms with Crippen molar-refractivity contribution in [1.29, 1.82) is 0 Å². The number of anilines is 2. The van der Waals surface area contributed by atoms with Gasteiger partial charge in [-0.15, -0.1) is 10.2 Å². The van der Waals surface area contributed by atoms with E-state index in [4.69, 9.17) is 16.3 Å². The molecule has 1 amide bonds. The molecule has 0 bridgehead atoms. The summed E-state index contributed by atoms with van der Waals surface area (Å²) in [6.45, 7) is 7.89. The van der Waals surface area contributed by atoms with Crippen LogP contribution in [0.1, 0.15) is 39.2 Å². The minimum Gasteiger partial charge on any atom is -0.495 e. The van der Waals surface area contributed by atoms with E-state index in [-0.39, 0.29) is 17.2 Å². The normalized spacial score (nSPS) is 17.3. The molecule has 0 saturated carbocycles. The van der Waals surface area contributed by atoms with Crippen molar-refractivity contribution in [1.82, 2.24) is 10.2 Å². The third kappa shape index (κ3) is 4.73. The topological polar surface area (TPSA) is 67.3 Å². The number of halogens is 1. The summed E-state index contributed by atoms with van der Waals surface area (Å²) in [5, 5.41) is 11.5. The zero-order valence-corrected chi connectivity index (χ0v) is 17.6. The van der Waals surface area contributed by atoms with E-state index < -0.39 is 0 Å². The minimum absolute atomic E-state index is 0.00372. The van der Waals surface area contributed by atoms with Gasteiger partial charge in [0.15, 0.2) is 11.0 Å². The van der Waals surface area contributed by atoms with Crippen LogP contribution in [0.15, 0.2) is 30.3 Å². The first-order valence-electron chi connectivity index (χ1n) is 9.51. The highest BCUT2D eigenvalue weighted by atomic mass is 35.5. The molecule has 1 fully saturated rings. The van der Waals surface area contributed by atoms with Gasteiger partial charge in [0, 0.05) is 13.1 Å². The van der Waals surface area contributed by atoms with Crippen molar-refractivity contribution < 1.29 is 9.53 Å². The number of aromatic nitrogens is 2. The van der Waals surface area contributed by atoms with Gasteiger partial charge in [-0.05, 0) is 48.1 Å². The molecule has 1 N–H and O–H groups in total. The summed E-state index contributed by atoms with van der Waals surface area (Å²) >= 11 is 5.83. The largest absolute Gasteiger partial charge is 0.495 e. The lowest BCUT2D eigenvalue weighted by molar-refractivity contribution is -0.120. The Balaban J connectivity index is 1.74. The van der Waals surface area contributed by atoms with Crippen LogP contribution in [0.25, 0.3) is 0 Å². The summed E-state index contributed by atoms with van der Waals surface area (Å²) < 4.78 is 5.45. The Labute approximate surface area is 171 Å². The maximum absolute atomic E-state index is 13.0. The molecular formula is C21H27ClN4O2. The standard InChI is InChI=1S/C21H27ClN4O2/c1-21(2,3)15-7-8-17(28-4)16(12-15)23-20(27)14-6-5-11-26(13-14)19-10-9-18(22)24-25-19/h7-10,12,14H,5-6,11,13H2,1-4H3,(H,23,27)/t14-/m1/s1. The lowest BCUT2D eigenvalue weighted by atomic mass is 9.86. The highest BCUT2D eigenvalue weighted by Gasteiger charge is 2.27. The number of carbonyl (C=O) groups excluding carboxylic acids is 1. The molecule has 1 aromatic heterocycles. The first kappa shape index (κ1) is 20.4. The summed E-state index contributed by atoms with van der Waals surface area (Å²) in [5.74, 6) is 1.28. The molecule has 28 heavy (non-hydrogen) atoms. The van der Waals surface area contributed by atoms with Crippen molar-refractivity contribution in [3.05, 3.63) is 41.0 Å². The molecule has 1 aromatic carbocycles. The van der Waals surface area contributed by atoms with E-state index in [2.05, 4.69) is 41.2 Å². The molecular weight excluding hydrogens is 376 g/mol. The van der Waals surface area contributed by atoms with Gasteiger partial charge in [-0.3, -0.25) is 4.79 Å². The van der Waals surface area contributed by atoms with Crippen LogP contribution in [0.5, 0.6) is 5.75 Å². The van der Waals surface area contributed by atoms with Crippen LogP contribution in [0, 0.1) is 5.92 Å². The number of piperidine rings is 1. The number of methoxy groups -OCH3 is 1. The van der Waals surface area contributed by atoms with E-state index >= 15 is 0 Å². The molecule has 1 aliphatic rings. The number of nitrogens with one attached hydrogen (secondary N) is 1. The van der Waals surface area contributed by atoms with Gasteiger partial charge in [0.05, 0.1) is 18.7 Å². The fraction of sp³-hybridized carbons (Fsp3) is 0.476. The SMILES string of the molecule is COc1ccc(C(C)(C)C)cc1NC(=O)[C@@H]1CCCN(c2ccc(Cl)nn2)C1. The number of benzene rings is 1. The van der Waals surface area contributed by atoms with Crippen molar-refractivity contribution in [2.24, 2.45) is 5.92 Å². The second kappa shape index (κ2) is 8.35. The molecule has 1 atom stereocenters. The van der Waals surface area contributed by atoms with Crippen molar-refractivity contribution in [3.63, 3.8) is 0 Å². The Hall–Kier alpha value is -2.34. The number of hydrogen-bond donors (Lipinski definition) is 1. The molecule has 0 spiro atoms.